The second kappa shape index (κ2) is 6.22. The molecule has 0 spiro atoms. The van der Waals surface area contributed by atoms with Crippen molar-refractivity contribution < 1.29 is 13.6 Å². The quantitative estimate of drug-likeness (QED) is 0.787. The molecule has 0 radical (unpaired) electrons. The minimum Gasteiger partial charge on any atom is -0.300 e. The predicted molar refractivity (Wildman–Crippen MR) is 77.2 cm³/mol. The number of hydrogen-bond acceptors (Lipinski definition) is 2. The Kier molecular flexibility index (Phi) is 4.34. The van der Waals surface area contributed by atoms with Gasteiger partial charge in [-0.25, -0.2) is 8.78 Å². The van der Waals surface area contributed by atoms with E-state index in [1.54, 1.807) is 0 Å². The molecule has 1 aliphatic heterocycles. The number of carbonyl (C=O) groups is 1. The Bertz CT molecular complexity index is 511. The third-order valence-electron chi connectivity index (χ3n) is 4.92. The van der Waals surface area contributed by atoms with Crippen LogP contribution in [0.1, 0.15) is 48.9 Å². The first kappa shape index (κ1) is 14.6. The number of hydrogen-bond donors (Lipinski definition) is 0. The number of piperidine rings is 1. The normalized spacial score (nSPS) is 25.8. The number of benzene rings is 1. The van der Waals surface area contributed by atoms with Gasteiger partial charge in [0.05, 0.1) is 0 Å². The van der Waals surface area contributed by atoms with Crippen molar-refractivity contribution in [2.45, 2.75) is 44.6 Å². The lowest BCUT2D eigenvalue weighted by Gasteiger charge is -2.37. The average molecular weight is 293 g/mol. The second-order valence-corrected chi connectivity index (χ2v) is 6.27. The monoisotopic (exact) mass is 293 g/mol. The number of likely N-dealkylation sites (tertiary alicyclic amines) is 1. The first-order valence-corrected chi connectivity index (χ1v) is 7.87. The number of Topliss-reactive ketones (excluding diaryl/α,β-unsaturated/α-hetero) is 1. The van der Waals surface area contributed by atoms with Crippen molar-refractivity contribution in [3.8, 4) is 0 Å². The van der Waals surface area contributed by atoms with Crippen molar-refractivity contribution in [3.63, 3.8) is 0 Å². The van der Waals surface area contributed by atoms with Gasteiger partial charge in [0, 0.05) is 30.6 Å². The van der Waals surface area contributed by atoms with Crippen LogP contribution in [-0.2, 0) is 0 Å². The van der Waals surface area contributed by atoms with Crippen LogP contribution in [0.2, 0.25) is 0 Å². The van der Waals surface area contributed by atoms with E-state index < -0.39 is 11.6 Å². The molecule has 2 unspecified atom stereocenters. The summed E-state index contributed by atoms with van der Waals surface area (Å²) in [7, 11) is 0. The SMILES string of the molecule is O=C(CCN1CCCC2CCCC21)c1cc(F)cc(F)c1. The number of halogens is 2. The molecule has 1 aromatic rings. The summed E-state index contributed by atoms with van der Waals surface area (Å²) in [5.41, 5.74) is 0.146. The third-order valence-corrected chi connectivity index (χ3v) is 4.92. The van der Waals surface area contributed by atoms with E-state index in [1.807, 2.05) is 0 Å². The molecule has 1 aromatic carbocycles. The molecule has 0 bridgehead atoms. The maximum Gasteiger partial charge on any atom is 0.164 e. The van der Waals surface area contributed by atoms with Crippen molar-refractivity contribution in [1.82, 2.24) is 4.90 Å². The molecule has 1 saturated heterocycles. The first-order valence-electron chi connectivity index (χ1n) is 7.87. The summed E-state index contributed by atoms with van der Waals surface area (Å²) >= 11 is 0. The van der Waals surface area contributed by atoms with Crippen molar-refractivity contribution in [2.75, 3.05) is 13.1 Å². The van der Waals surface area contributed by atoms with E-state index >= 15 is 0 Å². The van der Waals surface area contributed by atoms with Crippen molar-refractivity contribution in [3.05, 3.63) is 35.4 Å². The van der Waals surface area contributed by atoms with Gasteiger partial charge in [-0.15, -0.1) is 0 Å². The number of fused-ring (bicyclic) bond motifs is 1. The second-order valence-electron chi connectivity index (χ2n) is 6.27. The standard InChI is InChI=1S/C17H21F2NO/c18-14-9-13(10-15(19)11-14)17(21)6-8-20-7-2-4-12-3-1-5-16(12)20/h9-12,16H,1-8H2. The minimum atomic E-state index is -0.688. The van der Waals surface area contributed by atoms with Crippen LogP contribution < -0.4 is 0 Å². The Morgan fingerprint density at radius 1 is 1.10 bits per heavy atom. The Morgan fingerprint density at radius 3 is 2.57 bits per heavy atom. The maximum atomic E-state index is 13.2. The van der Waals surface area contributed by atoms with Crippen LogP contribution in [0.25, 0.3) is 0 Å². The summed E-state index contributed by atoms with van der Waals surface area (Å²) < 4.78 is 26.3. The van der Waals surface area contributed by atoms with Gasteiger partial charge < -0.3 is 0 Å². The highest BCUT2D eigenvalue weighted by molar-refractivity contribution is 5.96. The summed E-state index contributed by atoms with van der Waals surface area (Å²) in [5, 5.41) is 0. The van der Waals surface area contributed by atoms with Gasteiger partial charge in [-0.05, 0) is 50.3 Å². The smallest absolute Gasteiger partial charge is 0.164 e. The number of nitrogens with zero attached hydrogens (tertiary/aromatic N) is 1. The van der Waals surface area contributed by atoms with Gasteiger partial charge in [-0.1, -0.05) is 6.42 Å². The molecule has 1 aliphatic carbocycles. The van der Waals surface area contributed by atoms with Crippen molar-refractivity contribution in [1.29, 1.82) is 0 Å². The fourth-order valence-corrected chi connectivity index (χ4v) is 3.94. The topological polar surface area (TPSA) is 20.3 Å². The summed E-state index contributed by atoms with van der Waals surface area (Å²) in [6, 6.07) is 3.67. The molecule has 114 valence electrons. The molecule has 0 N–H and O–H groups in total. The molecule has 3 rings (SSSR count). The fourth-order valence-electron chi connectivity index (χ4n) is 3.94. The molecule has 1 saturated carbocycles. The summed E-state index contributed by atoms with van der Waals surface area (Å²) in [6.07, 6.45) is 6.67. The lowest BCUT2D eigenvalue weighted by atomic mass is 9.91. The van der Waals surface area contributed by atoms with Crippen molar-refractivity contribution >= 4 is 5.78 Å². The van der Waals surface area contributed by atoms with Crippen LogP contribution in [0.5, 0.6) is 0 Å². The molecule has 0 amide bonds. The Hall–Kier alpha value is -1.29. The number of rotatable bonds is 4. The molecular formula is C17H21F2NO. The molecule has 2 fully saturated rings. The summed E-state index contributed by atoms with van der Waals surface area (Å²) in [6.45, 7) is 1.75. The lowest BCUT2D eigenvalue weighted by Crippen LogP contribution is -2.43. The van der Waals surface area contributed by atoms with Crippen LogP contribution in [0, 0.1) is 17.6 Å². The number of ketones is 1. The summed E-state index contributed by atoms with van der Waals surface area (Å²) in [4.78, 5) is 14.5. The molecule has 21 heavy (non-hydrogen) atoms. The van der Waals surface area contributed by atoms with Crippen LogP contribution in [0.15, 0.2) is 18.2 Å². The highest BCUT2D eigenvalue weighted by Gasteiger charge is 2.34. The predicted octanol–water partition coefficient (Wildman–Crippen LogP) is 3.80. The van der Waals surface area contributed by atoms with Crippen LogP contribution in [-0.4, -0.2) is 29.8 Å². The summed E-state index contributed by atoms with van der Waals surface area (Å²) in [5.74, 6) is -0.756. The van der Waals surface area contributed by atoms with Gasteiger partial charge in [-0.3, -0.25) is 9.69 Å². The molecule has 1 heterocycles. The zero-order chi connectivity index (χ0) is 14.8. The largest absolute Gasteiger partial charge is 0.300 e. The van der Waals surface area contributed by atoms with E-state index in [4.69, 9.17) is 0 Å². The Balaban J connectivity index is 1.60. The zero-order valence-electron chi connectivity index (χ0n) is 12.2. The average Bonchev–Trinajstić information content (AvgIpc) is 2.92. The van der Waals surface area contributed by atoms with Crippen LogP contribution >= 0.6 is 0 Å². The van der Waals surface area contributed by atoms with E-state index in [9.17, 15) is 13.6 Å². The van der Waals surface area contributed by atoms with Gasteiger partial charge in [0.1, 0.15) is 11.6 Å². The molecule has 2 atom stereocenters. The molecule has 4 heteroatoms. The van der Waals surface area contributed by atoms with E-state index in [0.717, 1.165) is 30.7 Å². The van der Waals surface area contributed by atoms with E-state index in [-0.39, 0.29) is 11.3 Å². The zero-order valence-corrected chi connectivity index (χ0v) is 12.2. The van der Waals surface area contributed by atoms with Gasteiger partial charge in [0.25, 0.3) is 0 Å². The molecule has 2 nitrogen and oxygen atoms in total. The Morgan fingerprint density at radius 2 is 1.81 bits per heavy atom. The van der Waals surface area contributed by atoms with E-state index in [2.05, 4.69) is 4.90 Å². The number of carbonyl (C=O) groups excluding carboxylic acids is 1. The molecule has 0 aromatic heterocycles. The van der Waals surface area contributed by atoms with Gasteiger partial charge in [0.15, 0.2) is 5.78 Å². The Labute approximate surface area is 124 Å². The van der Waals surface area contributed by atoms with Gasteiger partial charge in [-0.2, -0.15) is 0 Å². The van der Waals surface area contributed by atoms with E-state index in [0.29, 0.717) is 19.0 Å². The van der Waals surface area contributed by atoms with Crippen LogP contribution in [0.4, 0.5) is 8.78 Å². The van der Waals surface area contributed by atoms with E-state index in [1.165, 1.54) is 32.1 Å². The fraction of sp³-hybridized carbons (Fsp3) is 0.588. The minimum absolute atomic E-state index is 0.146. The van der Waals surface area contributed by atoms with Crippen molar-refractivity contribution in [2.24, 2.45) is 5.92 Å². The molecular weight excluding hydrogens is 272 g/mol. The highest BCUT2D eigenvalue weighted by Crippen LogP contribution is 2.36. The first-order chi connectivity index (χ1) is 10.1. The van der Waals surface area contributed by atoms with Gasteiger partial charge in [0.2, 0.25) is 0 Å². The highest BCUT2D eigenvalue weighted by atomic mass is 19.1. The lowest BCUT2D eigenvalue weighted by molar-refractivity contribution is 0.0875. The maximum absolute atomic E-state index is 13.2. The van der Waals surface area contributed by atoms with Crippen LogP contribution in [0.3, 0.4) is 0 Å². The third kappa shape index (κ3) is 3.31. The molecule has 2 aliphatic rings. The van der Waals surface area contributed by atoms with Gasteiger partial charge >= 0.3 is 0 Å².